The number of carbonyl (C=O) groups is 1. The molecule has 0 saturated heterocycles. The SMILES string of the molecule is CCn1ncc(Cl)c1CN(C)C(=O)C(C)n1cc(Br)cn1. The van der Waals surface area contributed by atoms with Crippen LogP contribution in [0.3, 0.4) is 0 Å². The van der Waals surface area contributed by atoms with E-state index in [0.717, 1.165) is 10.2 Å². The Hall–Kier alpha value is -1.34. The van der Waals surface area contributed by atoms with E-state index in [-0.39, 0.29) is 11.9 Å². The lowest BCUT2D eigenvalue weighted by molar-refractivity contribution is -0.133. The molecule has 0 aromatic carbocycles. The number of hydrogen-bond donors (Lipinski definition) is 0. The van der Waals surface area contributed by atoms with E-state index in [2.05, 4.69) is 26.1 Å². The summed E-state index contributed by atoms with van der Waals surface area (Å²) in [4.78, 5) is 14.1. The van der Waals surface area contributed by atoms with Crippen molar-refractivity contribution in [2.75, 3.05) is 7.05 Å². The molecule has 1 amide bonds. The van der Waals surface area contributed by atoms with Crippen molar-refractivity contribution in [3.05, 3.63) is 33.8 Å². The number of aryl methyl sites for hydroxylation is 1. The highest BCUT2D eigenvalue weighted by Crippen LogP contribution is 2.19. The van der Waals surface area contributed by atoms with Crippen LogP contribution >= 0.6 is 27.5 Å². The van der Waals surface area contributed by atoms with Gasteiger partial charge in [0.05, 0.1) is 34.1 Å². The molecular weight excluding hydrogens is 358 g/mol. The maximum absolute atomic E-state index is 12.5. The first-order valence-corrected chi connectivity index (χ1v) is 7.76. The number of amides is 1. The van der Waals surface area contributed by atoms with E-state index < -0.39 is 0 Å². The van der Waals surface area contributed by atoms with Gasteiger partial charge in [0.25, 0.3) is 0 Å². The minimum Gasteiger partial charge on any atom is -0.338 e. The van der Waals surface area contributed by atoms with Gasteiger partial charge < -0.3 is 4.90 Å². The topological polar surface area (TPSA) is 56.0 Å². The molecule has 0 spiro atoms. The highest BCUT2D eigenvalue weighted by Gasteiger charge is 2.22. The fourth-order valence-electron chi connectivity index (χ4n) is 2.08. The van der Waals surface area contributed by atoms with Gasteiger partial charge in [0.15, 0.2) is 0 Å². The van der Waals surface area contributed by atoms with Crippen LogP contribution in [0.5, 0.6) is 0 Å². The van der Waals surface area contributed by atoms with Crippen molar-refractivity contribution in [1.29, 1.82) is 0 Å². The van der Waals surface area contributed by atoms with Crippen LogP contribution in [0, 0.1) is 0 Å². The Balaban J connectivity index is 2.10. The predicted molar refractivity (Wildman–Crippen MR) is 84.0 cm³/mol. The predicted octanol–water partition coefficient (Wildman–Crippen LogP) is 2.74. The smallest absolute Gasteiger partial charge is 0.247 e. The van der Waals surface area contributed by atoms with E-state index in [1.807, 2.05) is 13.8 Å². The fraction of sp³-hybridized carbons (Fsp3) is 0.462. The monoisotopic (exact) mass is 373 g/mol. The first-order valence-electron chi connectivity index (χ1n) is 6.58. The molecule has 2 rings (SSSR count). The molecule has 0 radical (unpaired) electrons. The largest absolute Gasteiger partial charge is 0.338 e. The van der Waals surface area contributed by atoms with E-state index >= 15 is 0 Å². The molecule has 1 atom stereocenters. The minimum atomic E-state index is -0.377. The highest BCUT2D eigenvalue weighted by molar-refractivity contribution is 9.10. The molecule has 0 bridgehead atoms. The Morgan fingerprint density at radius 1 is 1.48 bits per heavy atom. The lowest BCUT2D eigenvalue weighted by atomic mass is 10.3. The van der Waals surface area contributed by atoms with Gasteiger partial charge in [-0.15, -0.1) is 0 Å². The van der Waals surface area contributed by atoms with Crippen molar-refractivity contribution in [1.82, 2.24) is 24.5 Å². The first kappa shape index (κ1) is 16.0. The van der Waals surface area contributed by atoms with Crippen LogP contribution in [0.2, 0.25) is 5.02 Å². The molecule has 2 aromatic heterocycles. The maximum Gasteiger partial charge on any atom is 0.247 e. The molecule has 0 aliphatic carbocycles. The average molecular weight is 375 g/mol. The second kappa shape index (κ2) is 6.62. The third kappa shape index (κ3) is 3.47. The zero-order chi connectivity index (χ0) is 15.6. The lowest BCUT2D eigenvalue weighted by Crippen LogP contribution is -2.33. The average Bonchev–Trinajstić information content (AvgIpc) is 3.04. The quantitative estimate of drug-likeness (QED) is 0.808. The Labute approximate surface area is 136 Å². The number of rotatable bonds is 5. The zero-order valence-corrected chi connectivity index (χ0v) is 14.5. The third-order valence-electron chi connectivity index (χ3n) is 3.28. The van der Waals surface area contributed by atoms with Crippen LogP contribution in [0.15, 0.2) is 23.1 Å². The Bertz CT molecular complexity index is 638. The Morgan fingerprint density at radius 2 is 2.19 bits per heavy atom. The van der Waals surface area contributed by atoms with Crippen molar-refractivity contribution in [3.8, 4) is 0 Å². The minimum absolute atomic E-state index is 0.0366. The van der Waals surface area contributed by atoms with Crippen LogP contribution in [-0.2, 0) is 17.9 Å². The number of nitrogens with zero attached hydrogens (tertiary/aromatic N) is 5. The summed E-state index contributed by atoms with van der Waals surface area (Å²) >= 11 is 9.45. The summed E-state index contributed by atoms with van der Waals surface area (Å²) < 4.78 is 4.26. The summed E-state index contributed by atoms with van der Waals surface area (Å²) in [5, 5.41) is 8.90. The zero-order valence-electron chi connectivity index (χ0n) is 12.1. The molecule has 0 fully saturated rings. The summed E-state index contributed by atoms with van der Waals surface area (Å²) in [5.41, 5.74) is 0.837. The van der Waals surface area contributed by atoms with Gasteiger partial charge in [-0.05, 0) is 29.8 Å². The number of aromatic nitrogens is 4. The molecule has 0 aliphatic heterocycles. The van der Waals surface area contributed by atoms with Gasteiger partial charge in [0.1, 0.15) is 6.04 Å². The van der Waals surface area contributed by atoms with Crippen molar-refractivity contribution >= 4 is 33.4 Å². The molecule has 2 aromatic rings. The fourth-order valence-corrected chi connectivity index (χ4v) is 2.58. The van der Waals surface area contributed by atoms with Gasteiger partial charge in [0, 0.05) is 19.8 Å². The van der Waals surface area contributed by atoms with Crippen molar-refractivity contribution < 1.29 is 4.79 Å². The van der Waals surface area contributed by atoms with E-state index in [9.17, 15) is 4.79 Å². The molecule has 6 nitrogen and oxygen atoms in total. The van der Waals surface area contributed by atoms with E-state index in [1.165, 1.54) is 0 Å². The van der Waals surface area contributed by atoms with Crippen LogP contribution in [0.4, 0.5) is 0 Å². The first-order chi connectivity index (χ1) is 9.93. The Morgan fingerprint density at radius 3 is 2.76 bits per heavy atom. The maximum atomic E-state index is 12.5. The normalized spacial score (nSPS) is 12.4. The standard InChI is InChI=1S/C13H17BrClN5O/c1-4-19-12(11(15)6-17-19)8-18(3)13(21)9(2)20-7-10(14)5-16-20/h5-7,9H,4,8H2,1-3H3. The molecule has 0 aliphatic rings. The third-order valence-corrected chi connectivity index (χ3v) is 4.01. The Kier molecular flexibility index (Phi) is 5.05. The van der Waals surface area contributed by atoms with Crippen molar-refractivity contribution in [2.24, 2.45) is 0 Å². The second-order valence-electron chi connectivity index (χ2n) is 4.76. The number of carbonyl (C=O) groups excluding carboxylic acids is 1. The van der Waals surface area contributed by atoms with Crippen LogP contribution < -0.4 is 0 Å². The summed E-state index contributed by atoms with van der Waals surface area (Å²) in [6.45, 7) is 4.93. The molecule has 0 saturated carbocycles. The molecule has 0 N–H and O–H groups in total. The van der Waals surface area contributed by atoms with Gasteiger partial charge in [-0.1, -0.05) is 11.6 Å². The van der Waals surface area contributed by atoms with Crippen molar-refractivity contribution in [2.45, 2.75) is 33.0 Å². The second-order valence-corrected chi connectivity index (χ2v) is 6.09. The molecule has 8 heteroatoms. The summed E-state index contributed by atoms with van der Waals surface area (Å²) in [6, 6.07) is -0.377. The van der Waals surface area contributed by atoms with Crippen LogP contribution in [0.25, 0.3) is 0 Å². The molecule has 21 heavy (non-hydrogen) atoms. The highest BCUT2D eigenvalue weighted by atomic mass is 79.9. The molecule has 114 valence electrons. The number of halogens is 2. The summed E-state index contributed by atoms with van der Waals surface area (Å²) in [5.74, 6) is -0.0366. The molecular formula is C13H17BrClN5O. The van der Waals surface area contributed by atoms with Gasteiger partial charge in [-0.2, -0.15) is 10.2 Å². The molecule has 1 unspecified atom stereocenters. The van der Waals surface area contributed by atoms with Crippen LogP contribution in [-0.4, -0.2) is 37.4 Å². The van der Waals surface area contributed by atoms with E-state index in [1.54, 1.807) is 39.9 Å². The lowest BCUT2D eigenvalue weighted by Gasteiger charge is -2.22. The van der Waals surface area contributed by atoms with Gasteiger partial charge in [-0.25, -0.2) is 0 Å². The summed E-state index contributed by atoms with van der Waals surface area (Å²) in [7, 11) is 1.75. The van der Waals surface area contributed by atoms with E-state index in [4.69, 9.17) is 11.6 Å². The van der Waals surface area contributed by atoms with E-state index in [0.29, 0.717) is 18.1 Å². The van der Waals surface area contributed by atoms with Gasteiger partial charge in [-0.3, -0.25) is 14.2 Å². The van der Waals surface area contributed by atoms with Gasteiger partial charge >= 0.3 is 0 Å². The van der Waals surface area contributed by atoms with Crippen molar-refractivity contribution in [3.63, 3.8) is 0 Å². The number of likely N-dealkylation sites (N-methyl/N-ethyl adjacent to an activating group) is 1. The number of hydrogen-bond acceptors (Lipinski definition) is 3. The van der Waals surface area contributed by atoms with Gasteiger partial charge in [0.2, 0.25) is 5.91 Å². The molecule has 2 heterocycles. The summed E-state index contributed by atoms with van der Waals surface area (Å²) in [6.07, 6.45) is 5.04. The van der Waals surface area contributed by atoms with Crippen LogP contribution in [0.1, 0.15) is 25.6 Å².